The Morgan fingerprint density at radius 1 is 0.962 bits per heavy atom. The fourth-order valence-electron chi connectivity index (χ4n) is 3.44. The van der Waals surface area contributed by atoms with E-state index in [1.54, 1.807) is 24.3 Å². The molecule has 0 bridgehead atoms. The van der Waals surface area contributed by atoms with E-state index in [2.05, 4.69) is 5.32 Å². The number of imide groups is 2. The molecular formula is C19H23N3O4. The minimum atomic E-state index is -0.946. The van der Waals surface area contributed by atoms with Crippen LogP contribution in [0.4, 0.5) is 4.79 Å². The SMILES string of the molecule is O=C(CN1C(=O)C(=O)N(Cc2ccccc2)C1=O)NCC1CCCCC1. The Hall–Kier alpha value is -2.70. The molecule has 1 aromatic rings. The first kappa shape index (κ1) is 18.1. The van der Waals surface area contributed by atoms with Gasteiger partial charge in [-0.1, -0.05) is 49.6 Å². The van der Waals surface area contributed by atoms with Crippen molar-refractivity contribution in [1.82, 2.24) is 15.1 Å². The van der Waals surface area contributed by atoms with Crippen LogP contribution in [0.3, 0.4) is 0 Å². The zero-order chi connectivity index (χ0) is 18.5. The van der Waals surface area contributed by atoms with E-state index >= 15 is 0 Å². The number of carbonyl (C=O) groups is 4. The Morgan fingerprint density at radius 2 is 1.62 bits per heavy atom. The predicted octanol–water partition coefficient (Wildman–Crippen LogP) is 1.67. The molecule has 7 nitrogen and oxygen atoms in total. The summed E-state index contributed by atoms with van der Waals surface area (Å²) in [7, 11) is 0. The van der Waals surface area contributed by atoms with Gasteiger partial charge in [0, 0.05) is 6.54 Å². The Bertz CT molecular complexity index is 698. The molecule has 1 aromatic carbocycles. The highest BCUT2D eigenvalue weighted by atomic mass is 16.2. The molecule has 0 aromatic heterocycles. The Labute approximate surface area is 152 Å². The molecular weight excluding hydrogens is 334 g/mol. The summed E-state index contributed by atoms with van der Waals surface area (Å²) in [5.74, 6) is -1.79. The molecule has 1 aliphatic carbocycles. The second-order valence-electron chi connectivity index (χ2n) is 6.86. The Morgan fingerprint density at radius 3 is 2.31 bits per heavy atom. The van der Waals surface area contributed by atoms with Crippen molar-refractivity contribution in [3.05, 3.63) is 35.9 Å². The number of nitrogens with zero attached hydrogens (tertiary/aromatic N) is 2. The van der Waals surface area contributed by atoms with Crippen molar-refractivity contribution in [2.24, 2.45) is 5.92 Å². The molecule has 1 heterocycles. The highest BCUT2D eigenvalue weighted by molar-refractivity contribution is 6.44. The largest absolute Gasteiger partial charge is 0.354 e. The van der Waals surface area contributed by atoms with Crippen LogP contribution in [0.2, 0.25) is 0 Å². The van der Waals surface area contributed by atoms with Crippen LogP contribution in [0.25, 0.3) is 0 Å². The van der Waals surface area contributed by atoms with Crippen molar-refractivity contribution in [3.63, 3.8) is 0 Å². The van der Waals surface area contributed by atoms with Crippen molar-refractivity contribution in [2.45, 2.75) is 38.6 Å². The molecule has 2 aliphatic rings. The van der Waals surface area contributed by atoms with E-state index in [4.69, 9.17) is 0 Å². The second kappa shape index (κ2) is 8.12. The molecule has 7 heteroatoms. The lowest BCUT2D eigenvalue weighted by Gasteiger charge is -2.22. The van der Waals surface area contributed by atoms with Crippen LogP contribution in [-0.2, 0) is 20.9 Å². The van der Waals surface area contributed by atoms with E-state index < -0.39 is 30.3 Å². The third-order valence-corrected chi connectivity index (χ3v) is 4.93. The molecule has 0 atom stereocenters. The van der Waals surface area contributed by atoms with Gasteiger partial charge in [0.1, 0.15) is 6.54 Å². The lowest BCUT2D eigenvalue weighted by atomic mass is 9.89. The van der Waals surface area contributed by atoms with Gasteiger partial charge >= 0.3 is 17.8 Å². The van der Waals surface area contributed by atoms with Gasteiger partial charge in [0.05, 0.1) is 6.54 Å². The lowest BCUT2D eigenvalue weighted by Crippen LogP contribution is -2.42. The van der Waals surface area contributed by atoms with E-state index in [0.717, 1.165) is 28.2 Å². The van der Waals surface area contributed by atoms with E-state index in [0.29, 0.717) is 12.5 Å². The highest BCUT2D eigenvalue weighted by Crippen LogP contribution is 2.22. The van der Waals surface area contributed by atoms with Crippen LogP contribution in [0.1, 0.15) is 37.7 Å². The van der Waals surface area contributed by atoms with Crippen LogP contribution in [0, 0.1) is 5.92 Å². The average Bonchev–Trinajstić information content (AvgIpc) is 2.86. The zero-order valence-corrected chi connectivity index (χ0v) is 14.6. The van der Waals surface area contributed by atoms with Crippen LogP contribution >= 0.6 is 0 Å². The van der Waals surface area contributed by atoms with Gasteiger partial charge in [-0.15, -0.1) is 0 Å². The number of carbonyl (C=O) groups excluding carboxylic acids is 4. The molecule has 138 valence electrons. The van der Waals surface area contributed by atoms with Gasteiger partial charge in [0.15, 0.2) is 0 Å². The summed E-state index contributed by atoms with van der Waals surface area (Å²) in [6.07, 6.45) is 5.76. The van der Waals surface area contributed by atoms with Gasteiger partial charge in [-0.05, 0) is 24.3 Å². The van der Waals surface area contributed by atoms with Gasteiger partial charge in [0.2, 0.25) is 5.91 Å². The summed E-state index contributed by atoms with van der Waals surface area (Å²) in [4.78, 5) is 50.3. The number of benzene rings is 1. The fraction of sp³-hybridized carbons (Fsp3) is 0.474. The first-order valence-electron chi connectivity index (χ1n) is 9.04. The van der Waals surface area contributed by atoms with E-state index in [-0.39, 0.29) is 6.54 Å². The maximum Gasteiger partial charge on any atom is 0.335 e. The molecule has 5 amide bonds. The molecule has 1 saturated carbocycles. The van der Waals surface area contributed by atoms with E-state index in [9.17, 15) is 19.2 Å². The van der Waals surface area contributed by atoms with Gasteiger partial charge in [-0.25, -0.2) is 9.69 Å². The number of amides is 5. The first-order chi connectivity index (χ1) is 12.6. The number of nitrogens with one attached hydrogen (secondary N) is 1. The van der Waals surface area contributed by atoms with Crippen molar-refractivity contribution in [2.75, 3.05) is 13.1 Å². The van der Waals surface area contributed by atoms with Crippen molar-refractivity contribution < 1.29 is 19.2 Å². The topological polar surface area (TPSA) is 86.8 Å². The molecule has 0 unspecified atom stereocenters. The van der Waals surface area contributed by atoms with Crippen LogP contribution in [0.15, 0.2) is 30.3 Å². The number of hydrogen-bond acceptors (Lipinski definition) is 4. The van der Waals surface area contributed by atoms with Gasteiger partial charge in [-0.2, -0.15) is 0 Å². The maximum atomic E-state index is 12.4. The summed E-state index contributed by atoms with van der Waals surface area (Å²) in [5, 5.41) is 2.78. The minimum Gasteiger partial charge on any atom is -0.354 e. The van der Waals surface area contributed by atoms with Crippen LogP contribution in [-0.4, -0.2) is 46.6 Å². The van der Waals surface area contributed by atoms with Gasteiger partial charge < -0.3 is 5.32 Å². The molecule has 0 spiro atoms. The standard InChI is InChI=1S/C19H23N3O4/c23-16(20-11-14-7-3-1-4-8-14)13-22-18(25)17(24)21(19(22)26)12-15-9-5-2-6-10-15/h2,5-6,9-10,14H,1,3-4,7-8,11-13H2,(H,20,23). The summed E-state index contributed by atoms with van der Waals surface area (Å²) in [5.41, 5.74) is 0.741. The van der Waals surface area contributed by atoms with Crippen molar-refractivity contribution in [1.29, 1.82) is 0 Å². The molecule has 0 radical (unpaired) electrons. The number of rotatable bonds is 6. The van der Waals surface area contributed by atoms with Gasteiger partial charge in [0.25, 0.3) is 0 Å². The third-order valence-electron chi connectivity index (χ3n) is 4.93. The van der Waals surface area contributed by atoms with Crippen LogP contribution < -0.4 is 5.32 Å². The average molecular weight is 357 g/mol. The Kier molecular flexibility index (Phi) is 5.65. The zero-order valence-electron chi connectivity index (χ0n) is 14.6. The third kappa shape index (κ3) is 4.09. The minimum absolute atomic E-state index is 0.0183. The van der Waals surface area contributed by atoms with E-state index in [1.165, 1.54) is 19.3 Å². The van der Waals surface area contributed by atoms with Crippen molar-refractivity contribution in [3.8, 4) is 0 Å². The summed E-state index contributed by atoms with van der Waals surface area (Å²) < 4.78 is 0. The highest BCUT2D eigenvalue weighted by Gasteiger charge is 2.45. The molecule has 1 saturated heterocycles. The molecule has 3 rings (SSSR count). The summed E-state index contributed by atoms with van der Waals surface area (Å²) in [6, 6.07) is 8.20. The monoisotopic (exact) mass is 357 g/mol. The predicted molar refractivity (Wildman–Crippen MR) is 93.7 cm³/mol. The molecule has 1 N–H and O–H groups in total. The van der Waals surface area contributed by atoms with Crippen molar-refractivity contribution >= 4 is 23.8 Å². The normalized spacial score (nSPS) is 18.5. The molecule has 26 heavy (non-hydrogen) atoms. The molecule has 1 aliphatic heterocycles. The lowest BCUT2D eigenvalue weighted by molar-refractivity contribution is -0.144. The molecule has 2 fully saturated rings. The smallest absolute Gasteiger partial charge is 0.335 e. The first-order valence-corrected chi connectivity index (χ1v) is 9.04. The van der Waals surface area contributed by atoms with E-state index in [1.807, 2.05) is 6.07 Å². The maximum absolute atomic E-state index is 12.4. The summed E-state index contributed by atoms with van der Waals surface area (Å²) >= 11 is 0. The summed E-state index contributed by atoms with van der Waals surface area (Å²) in [6.45, 7) is 0.155. The fourth-order valence-corrected chi connectivity index (χ4v) is 3.44. The Balaban J connectivity index is 1.55. The second-order valence-corrected chi connectivity index (χ2v) is 6.86. The quantitative estimate of drug-likeness (QED) is 0.620. The number of urea groups is 1. The van der Waals surface area contributed by atoms with Crippen LogP contribution in [0.5, 0.6) is 0 Å². The van der Waals surface area contributed by atoms with Gasteiger partial charge in [-0.3, -0.25) is 19.3 Å². The number of hydrogen-bond donors (Lipinski definition) is 1.